The lowest BCUT2D eigenvalue weighted by Crippen LogP contribution is -2.49. The van der Waals surface area contributed by atoms with Crippen LogP contribution >= 0.6 is 0 Å². The van der Waals surface area contributed by atoms with Crippen LogP contribution in [0.1, 0.15) is 54.4 Å². The quantitative estimate of drug-likeness (QED) is 0.458. The monoisotopic (exact) mass is 451 g/mol. The summed E-state index contributed by atoms with van der Waals surface area (Å²) < 4.78 is 0. The molecule has 1 fully saturated rings. The highest BCUT2D eigenvalue weighted by Gasteiger charge is 2.52. The Morgan fingerprint density at radius 2 is 1.91 bits per heavy atom. The van der Waals surface area contributed by atoms with E-state index in [1.54, 1.807) is 0 Å². The number of nitrogens with two attached hydrogens (primary N) is 1. The number of aryl methyl sites for hydroxylation is 2. The molecule has 4 N–H and O–H groups in total. The van der Waals surface area contributed by atoms with Crippen LogP contribution in [0.5, 0.6) is 0 Å². The van der Waals surface area contributed by atoms with E-state index in [4.69, 9.17) is 5.73 Å². The average Bonchev–Trinajstić information content (AvgIpc) is 3.15. The molecule has 0 amide bonds. The van der Waals surface area contributed by atoms with Crippen molar-refractivity contribution in [2.24, 2.45) is 5.73 Å². The number of pyridine rings is 1. The van der Waals surface area contributed by atoms with Gasteiger partial charge in [-0.15, -0.1) is 0 Å². The second kappa shape index (κ2) is 8.07. The maximum absolute atomic E-state index is 10.6. The van der Waals surface area contributed by atoms with E-state index >= 15 is 0 Å². The molecule has 0 spiro atoms. The van der Waals surface area contributed by atoms with Crippen LogP contribution in [0.2, 0.25) is 0 Å². The van der Waals surface area contributed by atoms with Gasteiger partial charge in [0.1, 0.15) is 0 Å². The second-order valence-corrected chi connectivity index (χ2v) is 10.6. The summed E-state index contributed by atoms with van der Waals surface area (Å²) in [6, 6.07) is 19.8. The highest BCUT2D eigenvalue weighted by atomic mass is 16.3. The number of anilines is 2. The summed E-state index contributed by atoms with van der Waals surface area (Å²) in [6.07, 6.45) is 9.84. The molecular formula is C30H33N3O. The Labute approximate surface area is 201 Å². The third kappa shape index (κ3) is 3.48. The molecule has 2 unspecified atom stereocenters. The number of hydrogen-bond donors (Lipinski definition) is 3. The molecule has 0 aliphatic heterocycles. The average molecular weight is 452 g/mol. The molecule has 4 heteroatoms. The molecule has 6 rings (SSSR count). The van der Waals surface area contributed by atoms with Gasteiger partial charge >= 0.3 is 0 Å². The number of fused-ring (bicyclic) bond motifs is 4. The van der Waals surface area contributed by atoms with Gasteiger partial charge in [-0.3, -0.25) is 4.98 Å². The fraction of sp³-hybridized carbons (Fsp3) is 0.367. The largest absolute Gasteiger partial charge is 0.393 e. The van der Waals surface area contributed by atoms with Crippen molar-refractivity contribution in [1.82, 2.24) is 4.98 Å². The van der Waals surface area contributed by atoms with Crippen LogP contribution in [-0.2, 0) is 18.3 Å². The third-order valence-electron chi connectivity index (χ3n) is 8.51. The minimum absolute atomic E-state index is 0.0417. The highest BCUT2D eigenvalue weighted by molar-refractivity contribution is 5.65. The summed E-state index contributed by atoms with van der Waals surface area (Å²) in [5.74, 6) is 0. The van der Waals surface area contributed by atoms with Crippen LogP contribution in [0.4, 0.5) is 11.4 Å². The van der Waals surface area contributed by atoms with Gasteiger partial charge in [-0.2, -0.15) is 0 Å². The lowest BCUT2D eigenvalue weighted by Gasteiger charge is -2.50. The number of hydrogen-bond acceptors (Lipinski definition) is 4. The summed E-state index contributed by atoms with van der Waals surface area (Å²) in [6.45, 7) is 2.10. The van der Waals surface area contributed by atoms with E-state index in [0.717, 1.165) is 49.9 Å². The zero-order chi connectivity index (χ0) is 23.3. The van der Waals surface area contributed by atoms with Gasteiger partial charge in [0.2, 0.25) is 0 Å². The highest BCUT2D eigenvalue weighted by Crippen LogP contribution is 2.57. The van der Waals surface area contributed by atoms with Crippen LogP contribution in [0.3, 0.4) is 0 Å². The van der Waals surface area contributed by atoms with E-state index in [1.165, 1.54) is 33.4 Å². The van der Waals surface area contributed by atoms with Crippen molar-refractivity contribution >= 4 is 11.4 Å². The van der Waals surface area contributed by atoms with Crippen molar-refractivity contribution < 1.29 is 5.11 Å². The first kappa shape index (κ1) is 21.6. The maximum Gasteiger partial charge on any atom is 0.0600 e. The van der Waals surface area contributed by atoms with Crippen LogP contribution in [0, 0.1) is 6.92 Å². The van der Waals surface area contributed by atoms with Gasteiger partial charge in [0.05, 0.1) is 18.0 Å². The number of benzene rings is 2. The first-order valence-electron chi connectivity index (χ1n) is 12.5. The fourth-order valence-corrected chi connectivity index (χ4v) is 6.88. The molecule has 0 radical (unpaired) electrons. The molecular weight excluding hydrogens is 418 g/mol. The number of aromatic nitrogens is 1. The number of allylic oxidation sites excluding steroid dienone is 1. The van der Waals surface area contributed by atoms with Crippen LogP contribution in [-0.4, -0.2) is 21.7 Å². The Balaban J connectivity index is 1.46. The molecule has 3 aliphatic rings. The number of aliphatic hydroxyl groups is 1. The van der Waals surface area contributed by atoms with Gasteiger partial charge in [0.15, 0.2) is 0 Å². The molecule has 3 aromatic rings. The smallest absolute Gasteiger partial charge is 0.0600 e. The summed E-state index contributed by atoms with van der Waals surface area (Å²) in [4.78, 5) is 4.28. The Morgan fingerprint density at radius 3 is 2.74 bits per heavy atom. The molecule has 174 valence electrons. The fourth-order valence-electron chi connectivity index (χ4n) is 6.88. The van der Waals surface area contributed by atoms with Gasteiger partial charge in [-0.05, 0) is 97.9 Å². The Kier molecular flexibility index (Phi) is 5.12. The first-order chi connectivity index (χ1) is 16.5. The minimum Gasteiger partial charge on any atom is -0.393 e. The minimum atomic E-state index is -0.328. The Hall–Kier alpha value is -2.95. The molecule has 34 heavy (non-hydrogen) atoms. The third-order valence-corrected chi connectivity index (χ3v) is 8.51. The SMILES string of the molecule is Cc1ccncc1Nc1ccc2c(c1)CCC1=C3CC(O)C[C@]3(N)CCC12Cc1ccccc1. The summed E-state index contributed by atoms with van der Waals surface area (Å²) >= 11 is 0. The van der Waals surface area contributed by atoms with E-state index < -0.39 is 0 Å². The molecule has 1 saturated carbocycles. The van der Waals surface area contributed by atoms with E-state index in [9.17, 15) is 5.11 Å². The van der Waals surface area contributed by atoms with Crippen molar-refractivity contribution in [2.45, 2.75) is 68.9 Å². The summed E-state index contributed by atoms with van der Waals surface area (Å²) in [5.41, 5.74) is 17.0. The van der Waals surface area contributed by atoms with E-state index in [-0.39, 0.29) is 17.1 Å². The number of aliphatic hydroxyl groups excluding tert-OH is 1. The molecule has 1 aromatic heterocycles. The molecule has 1 heterocycles. The van der Waals surface area contributed by atoms with Crippen LogP contribution in [0.15, 0.2) is 78.1 Å². The Bertz CT molecular complexity index is 1270. The van der Waals surface area contributed by atoms with E-state index in [0.29, 0.717) is 6.42 Å². The normalized spacial score (nSPS) is 27.7. The first-order valence-corrected chi connectivity index (χ1v) is 12.5. The predicted octanol–water partition coefficient (Wildman–Crippen LogP) is 5.50. The molecule has 3 aliphatic carbocycles. The van der Waals surface area contributed by atoms with Gasteiger partial charge in [0.25, 0.3) is 0 Å². The van der Waals surface area contributed by atoms with Gasteiger partial charge in [0, 0.05) is 22.8 Å². The summed E-state index contributed by atoms with van der Waals surface area (Å²) in [7, 11) is 0. The van der Waals surface area contributed by atoms with Crippen molar-refractivity contribution in [3.8, 4) is 0 Å². The maximum atomic E-state index is 10.6. The van der Waals surface area contributed by atoms with Crippen LogP contribution in [0.25, 0.3) is 0 Å². The van der Waals surface area contributed by atoms with Gasteiger partial charge < -0.3 is 16.2 Å². The number of rotatable bonds is 4. The van der Waals surface area contributed by atoms with Crippen molar-refractivity contribution in [1.29, 1.82) is 0 Å². The number of nitrogens with zero attached hydrogens (tertiary/aromatic N) is 1. The molecule has 3 atom stereocenters. The standard InChI is InChI=1S/C30H33N3O/c1-20-11-14-32-19-28(20)33-23-8-10-25-22(15-23)7-9-26-27-16-24(34)18-30(27,31)13-12-29(25,26)17-21-5-3-2-4-6-21/h2-6,8,10-11,14-15,19,24,33-34H,7,9,12-13,16-18,31H2,1H3/t24?,29?,30-/m1/s1. The topological polar surface area (TPSA) is 71.2 Å². The zero-order valence-corrected chi connectivity index (χ0v) is 19.8. The van der Waals surface area contributed by atoms with Crippen molar-refractivity contribution in [3.63, 3.8) is 0 Å². The Morgan fingerprint density at radius 1 is 1.06 bits per heavy atom. The second-order valence-electron chi connectivity index (χ2n) is 10.6. The van der Waals surface area contributed by atoms with Crippen LogP contribution < -0.4 is 11.1 Å². The van der Waals surface area contributed by atoms with Crippen molar-refractivity contribution in [2.75, 3.05) is 5.32 Å². The molecule has 4 nitrogen and oxygen atoms in total. The van der Waals surface area contributed by atoms with E-state index in [1.807, 2.05) is 18.5 Å². The lowest BCUT2D eigenvalue weighted by molar-refractivity contribution is 0.171. The zero-order valence-electron chi connectivity index (χ0n) is 19.8. The number of nitrogens with one attached hydrogen (secondary N) is 1. The predicted molar refractivity (Wildman–Crippen MR) is 137 cm³/mol. The van der Waals surface area contributed by atoms with Crippen molar-refractivity contribution in [3.05, 3.63) is 100 Å². The van der Waals surface area contributed by atoms with E-state index in [2.05, 4.69) is 65.8 Å². The molecule has 0 saturated heterocycles. The van der Waals surface area contributed by atoms with Gasteiger partial charge in [-0.25, -0.2) is 0 Å². The lowest BCUT2D eigenvalue weighted by atomic mass is 9.55. The molecule has 0 bridgehead atoms. The summed E-state index contributed by atoms with van der Waals surface area (Å²) in [5, 5.41) is 14.1. The van der Waals surface area contributed by atoms with Gasteiger partial charge in [-0.1, -0.05) is 42.0 Å². The molecule has 2 aromatic carbocycles.